The lowest BCUT2D eigenvalue weighted by Gasteiger charge is -2.10. The average Bonchev–Trinajstić information content (AvgIpc) is 2.37. The number of nitrogen functional groups attached to an aromatic ring is 1. The molecule has 0 saturated heterocycles. The molecule has 2 nitrogen and oxygen atoms in total. The smallest absolute Gasteiger partial charge is 0.416 e. The summed E-state index contributed by atoms with van der Waals surface area (Å²) in [4.78, 5) is 0. The van der Waals surface area contributed by atoms with Crippen molar-refractivity contribution >= 4 is 5.69 Å². The maximum Gasteiger partial charge on any atom is 0.416 e. The summed E-state index contributed by atoms with van der Waals surface area (Å²) >= 11 is 0. The summed E-state index contributed by atoms with van der Waals surface area (Å²) in [6.45, 7) is 0.220. The summed E-state index contributed by atoms with van der Waals surface area (Å²) in [5.74, 6) is 0.372. The van der Waals surface area contributed by atoms with Crippen molar-refractivity contribution in [3.63, 3.8) is 0 Å². The topological polar surface area (TPSA) is 35.2 Å². The number of ether oxygens (including phenoxy) is 1. The molecule has 0 aliphatic heterocycles. The molecule has 0 amide bonds. The molecule has 0 aliphatic rings. The molecule has 0 heterocycles. The van der Waals surface area contributed by atoms with Gasteiger partial charge in [-0.2, -0.15) is 13.2 Å². The minimum Gasteiger partial charge on any atom is -0.489 e. The zero-order valence-corrected chi connectivity index (χ0v) is 9.95. The van der Waals surface area contributed by atoms with E-state index in [0.717, 1.165) is 17.7 Å². The lowest BCUT2D eigenvalue weighted by molar-refractivity contribution is -0.137. The van der Waals surface area contributed by atoms with Crippen molar-refractivity contribution < 1.29 is 17.9 Å². The molecule has 0 aromatic heterocycles. The first-order valence-corrected chi connectivity index (χ1v) is 5.60. The molecule has 0 saturated carbocycles. The second-order valence-corrected chi connectivity index (χ2v) is 4.01. The highest BCUT2D eigenvalue weighted by Gasteiger charge is 2.29. The van der Waals surface area contributed by atoms with Crippen molar-refractivity contribution in [3.8, 4) is 5.75 Å². The lowest BCUT2D eigenvalue weighted by Crippen LogP contribution is -2.04. The van der Waals surface area contributed by atoms with Gasteiger partial charge in [0, 0.05) is 11.3 Å². The third-order valence-corrected chi connectivity index (χ3v) is 2.63. The first kappa shape index (κ1) is 13.3. The van der Waals surface area contributed by atoms with Crippen LogP contribution in [-0.2, 0) is 12.8 Å². The number of alkyl halides is 3. The van der Waals surface area contributed by atoms with E-state index in [4.69, 9.17) is 10.5 Å². The summed E-state index contributed by atoms with van der Waals surface area (Å²) in [5.41, 5.74) is 6.43. The fraction of sp³-hybridized carbons (Fsp3) is 0.143. The Hall–Kier alpha value is -2.17. The van der Waals surface area contributed by atoms with E-state index >= 15 is 0 Å². The van der Waals surface area contributed by atoms with E-state index in [1.54, 1.807) is 18.2 Å². The maximum absolute atomic E-state index is 12.4. The Balaban J connectivity index is 2.03. The Bertz CT molecular complexity index is 549. The molecule has 0 unspecified atom stereocenters. The van der Waals surface area contributed by atoms with Gasteiger partial charge in [-0.1, -0.05) is 18.2 Å². The Morgan fingerprint density at radius 1 is 0.947 bits per heavy atom. The van der Waals surface area contributed by atoms with Gasteiger partial charge in [-0.05, 0) is 30.3 Å². The normalized spacial score (nSPS) is 11.3. The van der Waals surface area contributed by atoms with E-state index in [2.05, 4.69) is 0 Å². The summed E-state index contributed by atoms with van der Waals surface area (Å²) in [6, 6.07) is 11.7. The Morgan fingerprint density at radius 3 is 2.16 bits per heavy atom. The Labute approximate surface area is 108 Å². The number of para-hydroxylation sites is 1. The molecule has 0 atom stereocenters. The SMILES string of the molecule is Nc1ccccc1COc1ccc(C(F)(F)F)cc1. The van der Waals surface area contributed by atoms with Crippen molar-refractivity contribution in [2.45, 2.75) is 12.8 Å². The van der Waals surface area contributed by atoms with Crippen molar-refractivity contribution in [3.05, 3.63) is 59.7 Å². The molecular weight excluding hydrogens is 255 g/mol. The van der Waals surface area contributed by atoms with Gasteiger partial charge in [-0.15, -0.1) is 0 Å². The molecular formula is C14H12F3NO. The highest BCUT2D eigenvalue weighted by molar-refractivity contribution is 5.46. The Morgan fingerprint density at radius 2 is 1.58 bits per heavy atom. The molecule has 0 radical (unpaired) electrons. The van der Waals surface area contributed by atoms with Crippen LogP contribution in [0.15, 0.2) is 48.5 Å². The van der Waals surface area contributed by atoms with Crippen molar-refractivity contribution in [2.75, 3.05) is 5.73 Å². The molecule has 2 N–H and O–H groups in total. The van der Waals surface area contributed by atoms with Crippen LogP contribution in [0.1, 0.15) is 11.1 Å². The number of benzene rings is 2. The number of rotatable bonds is 3. The van der Waals surface area contributed by atoms with Gasteiger partial charge in [0.1, 0.15) is 12.4 Å². The van der Waals surface area contributed by atoms with Crippen LogP contribution in [0.2, 0.25) is 0 Å². The molecule has 100 valence electrons. The zero-order valence-electron chi connectivity index (χ0n) is 9.95. The summed E-state index contributed by atoms with van der Waals surface area (Å²) in [7, 11) is 0. The predicted molar refractivity (Wildman–Crippen MR) is 66.6 cm³/mol. The van der Waals surface area contributed by atoms with Gasteiger partial charge in [0.05, 0.1) is 5.56 Å². The number of anilines is 1. The highest BCUT2D eigenvalue weighted by atomic mass is 19.4. The number of hydrogen-bond donors (Lipinski definition) is 1. The third kappa shape index (κ3) is 3.40. The Kier molecular flexibility index (Phi) is 3.64. The molecule has 0 aliphatic carbocycles. The van der Waals surface area contributed by atoms with Crippen LogP contribution in [-0.4, -0.2) is 0 Å². The molecule has 0 bridgehead atoms. The quantitative estimate of drug-likeness (QED) is 0.857. The molecule has 0 spiro atoms. The van der Waals surface area contributed by atoms with Crippen LogP contribution < -0.4 is 10.5 Å². The van der Waals surface area contributed by atoms with Crippen molar-refractivity contribution in [1.29, 1.82) is 0 Å². The van der Waals surface area contributed by atoms with Gasteiger partial charge in [0.25, 0.3) is 0 Å². The van der Waals surface area contributed by atoms with Crippen LogP contribution in [0, 0.1) is 0 Å². The van der Waals surface area contributed by atoms with E-state index in [1.807, 2.05) is 6.07 Å². The second kappa shape index (κ2) is 5.22. The van der Waals surface area contributed by atoms with Gasteiger partial charge in [0.15, 0.2) is 0 Å². The van der Waals surface area contributed by atoms with Crippen molar-refractivity contribution in [1.82, 2.24) is 0 Å². The first-order chi connectivity index (χ1) is 8.97. The molecule has 2 aromatic rings. The summed E-state index contributed by atoms with van der Waals surface area (Å²) in [5, 5.41) is 0. The average molecular weight is 267 g/mol. The maximum atomic E-state index is 12.4. The van der Waals surface area contributed by atoms with Gasteiger partial charge in [0.2, 0.25) is 0 Å². The van der Waals surface area contributed by atoms with Crippen LogP contribution in [0.3, 0.4) is 0 Å². The molecule has 2 aromatic carbocycles. The fourth-order valence-corrected chi connectivity index (χ4v) is 1.57. The lowest BCUT2D eigenvalue weighted by atomic mass is 10.2. The van der Waals surface area contributed by atoms with Gasteiger partial charge in [-0.25, -0.2) is 0 Å². The van der Waals surface area contributed by atoms with Gasteiger partial charge >= 0.3 is 6.18 Å². The molecule has 0 fully saturated rings. The van der Waals surface area contributed by atoms with E-state index in [9.17, 15) is 13.2 Å². The van der Waals surface area contributed by atoms with Crippen molar-refractivity contribution in [2.24, 2.45) is 0 Å². The largest absolute Gasteiger partial charge is 0.489 e. The van der Waals surface area contributed by atoms with Crippen LogP contribution in [0.25, 0.3) is 0 Å². The van der Waals surface area contributed by atoms with Gasteiger partial charge < -0.3 is 10.5 Å². The van der Waals surface area contributed by atoms with E-state index in [0.29, 0.717) is 11.4 Å². The van der Waals surface area contributed by atoms with E-state index in [1.165, 1.54) is 12.1 Å². The van der Waals surface area contributed by atoms with E-state index in [-0.39, 0.29) is 6.61 Å². The zero-order chi connectivity index (χ0) is 13.9. The molecule has 2 rings (SSSR count). The van der Waals surface area contributed by atoms with Crippen LogP contribution in [0.4, 0.5) is 18.9 Å². The monoisotopic (exact) mass is 267 g/mol. The predicted octanol–water partition coefficient (Wildman–Crippen LogP) is 3.87. The second-order valence-electron chi connectivity index (χ2n) is 4.01. The number of hydrogen-bond acceptors (Lipinski definition) is 2. The minimum absolute atomic E-state index is 0.220. The first-order valence-electron chi connectivity index (χ1n) is 5.60. The molecule has 5 heteroatoms. The summed E-state index contributed by atoms with van der Waals surface area (Å²) < 4.78 is 42.5. The van der Waals surface area contributed by atoms with Crippen LogP contribution >= 0.6 is 0 Å². The minimum atomic E-state index is -4.33. The summed E-state index contributed by atoms with van der Waals surface area (Å²) in [6.07, 6.45) is -4.33. The standard InChI is InChI=1S/C14H12F3NO/c15-14(16,17)11-5-7-12(8-6-11)19-9-10-3-1-2-4-13(10)18/h1-8H,9,18H2. The highest BCUT2D eigenvalue weighted by Crippen LogP contribution is 2.30. The van der Waals surface area contributed by atoms with E-state index < -0.39 is 11.7 Å². The number of nitrogens with two attached hydrogens (primary N) is 1. The van der Waals surface area contributed by atoms with Gasteiger partial charge in [-0.3, -0.25) is 0 Å². The molecule has 19 heavy (non-hydrogen) atoms. The third-order valence-electron chi connectivity index (χ3n) is 2.63. The number of halogens is 3. The fourth-order valence-electron chi connectivity index (χ4n) is 1.57. The van der Waals surface area contributed by atoms with Crippen LogP contribution in [0.5, 0.6) is 5.75 Å².